The van der Waals surface area contributed by atoms with E-state index in [0.717, 1.165) is 19.6 Å². The molecule has 150 valence electrons. The molecule has 0 N–H and O–H groups in total. The van der Waals surface area contributed by atoms with Gasteiger partial charge in [0.15, 0.2) is 8.32 Å². The Morgan fingerprint density at radius 3 is 2.46 bits per heavy atom. The molecule has 4 heteroatoms. The first-order valence-electron chi connectivity index (χ1n) is 10.4. The van der Waals surface area contributed by atoms with E-state index in [0.29, 0.717) is 6.61 Å². The van der Waals surface area contributed by atoms with Crippen molar-refractivity contribution in [2.45, 2.75) is 57.2 Å². The maximum Gasteiger partial charge on any atom is 0.192 e. The van der Waals surface area contributed by atoms with Crippen LogP contribution in [-0.4, -0.2) is 32.9 Å². The molecule has 0 spiro atoms. The van der Waals surface area contributed by atoms with Crippen LogP contribution < -0.4 is 0 Å². The zero-order valence-corrected chi connectivity index (χ0v) is 18.9. The average Bonchev–Trinajstić information content (AvgIpc) is 2.88. The lowest BCUT2D eigenvalue weighted by molar-refractivity contribution is -0.161. The summed E-state index contributed by atoms with van der Waals surface area (Å²) in [6.07, 6.45) is 0.136. The molecular weight excluding hydrogens is 362 g/mol. The number of nitrogens with zero attached hydrogens (tertiary/aromatic N) is 1. The fraction of sp³-hybridized carbons (Fsp3) is 0.500. The van der Waals surface area contributed by atoms with Crippen molar-refractivity contribution in [3.63, 3.8) is 0 Å². The largest absolute Gasteiger partial charge is 0.413 e. The van der Waals surface area contributed by atoms with Crippen LogP contribution in [-0.2, 0) is 21.3 Å². The highest BCUT2D eigenvalue weighted by Crippen LogP contribution is 2.49. The maximum absolute atomic E-state index is 6.70. The van der Waals surface area contributed by atoms with Crippen molar-refractivity contribution in [2.75, 3.05) is 19.7 Å². The highest BCUT2D eigenvalue weighted by atomic mass is 28.4. The standard InChI is InChI=1S/C24H33NO2Si/c1-23(2,3)28(4,5)26-18-24-17-25(15-19-11-7-6-8-12-19)16-22(27-24)20-13-9-10-14-21(20)24/h6-14,22H,15-18H2,1-5H3/t22-,24-/m0/s1. The second kappa shape index (κ2) is 7.10. The predicted octanol–water partition coefficient (Wildman–Crippen LogP) is 5.49. The quantitative estimate of drug-likeness (QED) is 0.625. The molecule has 2 heterocycles. The van der Waals surface area contributed by atoms with Gasteiger partial charge in [-0.25, -0.2) is 0 Å². The molecule has 2 aromatic rings. The Hall–Kier alpha value is -1.46. The second-order valence-electron chi connectivity index (χ2n) is 9.89. The van der Waals surface area contributed by atoms with E-state index in [1.165, 1.54) is 16.7 Å². The minimum Gasteiger partial charge on any atom is -0.413 e. The van der Waals surface area contributed by atoms with Crippen LogP contribution in [0.15, 0.2) is 54.6 Å². The summed E-state index contributed by atoms with van der Waals surface area (Å²) in [7, 11) is -1.85. The third-order valence-electron chi connectivity index (χ3n) is 6.79. The van der Waals surface area contributed by atoms with E-state index in [1.54, 1.807) is 0 Å². The minimum atomic E-state index is -1.85. The molecular formula is C24H33NO2Si. The summed E-state index contributed by atoms with van der Waals surface area (Å²) in [6.45, 7) is 15.0. The first kappa shape index (κ1) is 19.8. The first-order chi connectivity index (χ1) is 13.2. The van der Waals surface area contributed by atoms with Crippen LogP contribution in [0.5, 0.6) is 0 Å². The van der Waals surface area contributed by atoms with Gasteiger partial charge < -0.3 is 9.16 Å². The Kier molecular flexibility index (Phi) is 5.03. The smallest absolute Gasteiger partial charge is 0.192 e. The van der Waals surface area contributed by atoms with Crippen molar-refractivity contribution >= 4 is 8.32 Å². The zero-order valence-electron chi connectivity index (χ0n) is 17.9. The Morgan fingerprint density at radius 2 is 1.75 bits per heavy atom. The SMILES string of the molecule is CC(C)(C)[Si](C)(C)OC[C@]12CN(Cc3ccccc3)C[C@H](O1)c1ccccc12. The molecule has 0 aromatic heterocycles. The van der Waals surface area contributed by atoms with Gasteiger partial charge in [-0.2, -0.15) is 0 Å². The van der Waals surface area contributed by atoms with Gasteiger partial charge in [0.1, 0.15) is 5.60 Å². The van der Waals surface area contributed by atoms with Crippen LogP contribution in [0.2, 0.25) is 18.1 Å². The molecule has 4 rings (SSSR count). The van der Waals surface area contributed by atoms with Gasteiger partial charge in [0, 0.05) is 19.6 Å². The summed E-state index contributed by atoms with van der Waals surface area (Å²) < 4.78 is 13.4. The van der Waals surface area contributed by atoms with Crippen LogP contribution in [0.3, 0.4) is 0 Å². The molecule has 2 aliphatic rings. The summed E-state index contributed by atoms with van der Waals surface area (Å²) in [5.74, 6) is 0. The monoisotopic (exact) mass is 395 g/mol. The number of rotatable bonds is 5. The molecule has 2 bridgehead atoms. The topological polar surface area (TPSA) is 21.7 Å². The van der Waals surface area contributed by atoms with Gasteiger partial charge in [0.05, 0.1) is 12.7 Å². The van der Waals surface area contributed by atoms with Crippen LogP contribution in [0.25, 0.3) is 0 Å². The fourth-order valence-electron chi connectivity index (χ4n) is 4.14. The van der Waals surface area contributed by atoms with Crippen LogP contribution >= 0.6 is 0 Å². The molecule has 3 nitrogen and oxygen atoms in total. The molecule has 0 saturated carbocycles. The van der Waals surface area contributed by atoms with Gasteiger partial charge in [-0.15, -0.1) is 0 Å². The number of fused-ring (bicyclic) bond motifs is 5. The zero-order chi connectivity index (χ0) is 20.0. The average molecular weight is 396 g/mol. The highest BCUT2D eigenvalue weighted by molar-refractivity contribution is 6.74. The van der Waals surface area contributed by atoms with Crippen molar-refractivity contribution < 1.29 is 9.16 Å². The summed E-state index contributed by atoms with van der Waals surface area (Å²) in [4.78, 5) is 2.54. The normalized spacial score (nSPS) is 25.0. The van der Waals surface area contributed by atoms with Gasteiger partial charge in [0.25, 0.3) is 0 Å². The molecule has 0 aliphatic carbocycles. The van der Waals surface area contributed by atoms with Gasteiger partial charge in [0.2, 0.25) is 0 Å². The summed E-state index contributed by atoms with van der Waals surface area (Å²) in [5.41, 5.74) is 3.67. The summed E-state index contributed by atoms with van der Waals surface area (Å²) in [6, 6.07) is 19.5. The maximum atomic E-state index is 6.70. The Labute approximate surface area is 170 Å². The molecule has 0 unspecified atom stereocenters. The lowest BCUT2D eigenvalue weighted by Crippen LogP contribution is -2.52. The summed E-state index contributed by atoms with van der Waals surface area (Å²) >= 11 is 0. The fourth-order valence-corrected chi connectivity index (χ4v) is 5.17. The molecule has 2 aromatic carbocycles. The van der Waals surface area contributed by atoms with Crippen LogP contribution in [0.4, 0.5) is 0 Å². The van der Waals surface area contributed by atoms with Crippen molar-refractivity contribution in [2.24, 2.45) is 0 Å². The third kappa shape index (κ3) is 3.59. The molecule has 1 saturated heterocycles. The van der Waals surface area contributed by atoms with Gasteiger partial charge in [-0.3, -0.25) is 4.90 Å². The predicted molar refractivity (Wildman–Crippen MR) is 117 cm³/mol. The van der Waals surface area contributed by atoms with Gasteiger partial charge in [-0.05, 0) is 34.8 Å². The number of hydrogen-bond donors (Lipinski definition) is 0. The van der Waals surface area contributed by atoms with Crippen LogP contribution in [0.1, 0.15) is 43.6 Å². The van der Waals surface area contributed by atoms with Crippen LogP contribution in [0, 0.1) is 0 Å². The van der Waals surface area contributed by atoms with E-state index in [4.69, 9.17) is 9.16 Å². The van der Waals surface area contributed by atoms with E-state index in [9.17, 15) is 0 Å². The van der Waals surface area contributed by atoms with Crippen molar-refractivity contribution in [1.29, 1.82) is 0 Å². The molecule has 0 radical (unpaired) electrons. The number of benzene rings is 2. The molecule has 2 aliphatic heterocycles. The highest BCUT2D eigenvalue weighted by Gasteiger charge is 2.51. The minimum absolute atomic E-state index is 0.136. The van der Waals surface area contributed by atoms with Crippen molar-refractivity contribution in [3.05, 3.63) is 71.3 Å². The Bertz CT molecular complexity index is 830. The Balaban J connectivity index is 1.60. The van der Waals surface area contributed by atoms with E-state index in [2.05, 4.69) is 93.4 Å². The number of ether oxygens (including phenoxy) is 1. The Morgan fingerprint density at radius 1 is 1.07 bits per heavy atom. The van der Waals surface area contributed by atoms with E-state index >= 15 is 0 Å². The van der Waals surface area contributed by atoms with Crippen molar-refractivity contribution in [1.82, 2.24) is 4.90 Å². The van der Waals surface area contributed by atoms with Gasteiger partial charge in [-0.1, -0.05) is 75.4 Å². The first-order valence-corrected chi connectivity index (χ1v) is 13.3. The molecule has 0 amide bonds. The summed E-state index contributed by atoms with van der Waals surface area (Å²) in [5, 5.41) is 0.194. The number of hydrogen-bond acceptors (Lipinski definition) is 3. The third-order valence-corrected chi connectivity index (χ3v) is 11.3. The number of morpholine rings is 1. The van der Waals surface area contributed by atoms with Crippen molar-refractivity contribution in [3.8, 4) is 0 Å². The van der Waals surface area contributed by atoms with E-state index in [-0.39, 0.29) is 16.7 Å². The lowest BCUT2D eigenvalue weighted by Gasteiger charge is -2.44. The van der Waals surface area contributed by atoms with E-state index in [1.807, 2.05) is 0 Å². The lowest BCUT2D eigenvalue weighted by atomic mass is 9.93. The molecule has 28 heavy (non-hydrogen) atoms. The van der Waals surface area contributed by atoms with E-state index < -0.39 is 8.32 Å². The van der Waals surface area contributed by atoms with Gasteiger partial charge >= 0.3 is 0 Å². The second-order valence-corrected chi connectivity index (χ2v) is 14.7. The molecule has 2 atom stereocenters. The molecule has 1 fully saturated rings.